The average Bonchev–Trinajstić information content (AvgIpc) is 2.77. The molecule has 2 unspecified atom stereocenters. The van der Waals surface area contributed by atoms with E-state index < -0.39 is 69.7 Å². The molecule has 35 heavy (non-hydrogen) atoms. The Hall–Kier alpha value is -1.93. The van der Waals surface area contributed by atoms with Gasteiger partial charge in [-0.15, -0.1) is 4.72 Å². The second kappa shape index (κ2) is 11.0. The van der Waals surface area contributed by atoms with E-state index in [1.165, 1.54) is 12.1 Å². The lowest BCUT2D eigenvalue weighted by molar-refractivity contribution is -0.151. The van der Waals surface area contributed by atoms with Crippen molar-refractivity contribution in [2.45, 2.75) is 56.6 Å². The van der Waals surface area contributed by atoms with Gasteiger partial charge < -0.3 is 9.29 Å². The minimum atomic E-state index is -2.64. The summed E-state index contributed by atoms with van der Waals surface area (Å²) in [5.41, 5.74) is -0.312. The van der Waals surface area contributed by atoms with Crippen molar-refractivity contribution in [1.29, 1.82) is 0 Å². The van der Waals surface area contributed by atoms with Crippen LogP contribution in [0, 0.1) is 11.7 Å². The van der Waals surface area contributed by atoms with Crippen LogP contribution in [0.5, 0.6) is 0 Å². The number of Topliss-reactive ketones (excluding diaryl/α,β-unsaturated/α-hetero) is 1. The number of benzene rings is 1. The number of amides is 4. The smallest absolute Gasteiger partial charge is 0.331 e. The van der Waals surface area contributed by atoms with E-state index in [0.717, 1.165) is 11.0 Å². The first-order valence-electron chi connectivity index (χ1n) is 10.9. The average molecular weight is 578 g/mol. The highest BCUT2D eigenvalue weighted by Crippen LogP contribution is 2.31. The van der Waals surface area contributed by atoms with Gasteiger partial charge in [-0.2, -0.15) is 0 Å². The van der Waals surface area contributed by atoms with Crippen LogP contribution in [0.25, 0.3) is 0 Å². The number of alkyl halides is 1. The first-order chi connectivity index (χ1) is 16.3. The Morgan fingerprint density at radius 2 is 1.91 bits per heavy atom. The van der Waals surface area contributed by atoms with E-state index in [0.29, 0.717) is 17.3 Å². The Morgan fingerprint density at radius 1 is 1.29 bits per heavy atom. The molecule has 9 nitrogen and oxygen atoms in total. The minimum absolute atomic E-state index is 0.271. The molecular formula is C22H26BrF2N3O6S. The molecule has 0 saturated carbocycles. The summed E-state index contributed by atoms with van der Waals surface area (Å²) in [5.74, 6) is -6.93. The summed E-state index contributed by atoms with van der Waals surface area (Å²) in [5, 5.41) is 1.94. The van der Waals surface area contributed by atoms with E-state index >= 15 is 4.39 Å². The van der Waals surface area contributed by atoms with Crippen molar-refractivity contribution in [3.05, 3.63) is 34.1 Å². The van der Waals surface area contributed by atoms with Gasteiger partial charge in [-0.3, -0.25) is 24.6 Å². The van der Waals surface area contributed by atoms with Gasteiger partial charge >= 0.3 is 6.03 Å². The van der Waals surface area contributed by atoms with E-state index in [1.807, 2.05) is 5.32 Å². The molecule has 2 fully saturated rings. The second-order valence-electron chi connectivity index (χ2n) is 9.23. The van der Waals surface area contributed by atoms with Crippen LogP contribution in [0.2, 0.25) is 0 Å². The van der Waals surface area contributed by atoms with Gasteiger partial charge in [0.05, 0.1) is 0 Å². The van der Waals surface area contributed by atoms with E-state index in [9.17, 15) is 28.1 Å². The zero-order valence-corrected chi connectivity index (χ0v) is 21.7. The molecule has 2 aliphatic rings. The molecule has 3 rings (SSSR count). The lowest BCUT2D eigenvalue weighted by atomic mass is 9.89. The zero-order chi connectivity index (χ0) is 26.1. The van der Waals surface area contributed by atoms with Crippen molar-refractivity contribution < 1.29 is 37.2 Å². The van der Waals surface area contributed by atoms with Crippen LogP contribution in [-0.2, 0) is 30.5 Å². The highest BCUT2D eigenvalue weighted by Gasteiger charge is 2.51. The van der Waals surface area contributed by atoms with Crippen LogP contribution < -0.4 is 10.0 Å². The summed E-state index contributed by atoms with van der Waals surface area (Å²) in [6.07, 6.45) is -2.04. The van der Waals surface area contributed by atoms with E-state index in [-0.39, 0.29) is 18.8 Å². The van der Waals surface area contributed by atoms with E-state index in [1.54, 1.807) is 20.8 Å². The molecular weight excluding hydrogens is 552 g/mol. The fraction of sp³-hybridized carbons (Fsp3) is 0.545. The van der Waals surface area contributed by atoms with Crippen molar-refractivity contribution in [3.8, 4) is 0 Å². The standard InChI is InChI=1S/C22H26BrF2N3O6S/c1-22(2,3)35(33)27-17(13-5-4-11(23)10-14(13)24)16(25)18(29)15-19(30)26-21(32)28(20(15)31)12-6-8-34-9-7-12/h4-5,10,12,15-17,27H,6-9H2,1-3H3,(H,26,30,32)/t15?,16-,17+,35?/m1/s1. The summed E-state index contributed by atoms with van der Waals surface area (Å²) in [4.78, 5) is 51.9. The summed E-state index contributed by atoms with van der Waals surface area (Å²) in [7, 11) is 0. The van der Waals surface area contributed by atoms with Crippen molar-refractivity contribution in [2.24, 2.45) is 5.92 Å². The lowest BCUT2D eigenvalue weighted by Crippen LogP contribution is -2.64. The normalized spacial score (nSPS) is 22.5. The fourth-order valence-corrected chi connectivity index (χ4v) is 4.94. The van der Waals surface area contributed by atoms with Gasteiger partial charge in [0.2, 0.25) is 5.91 Å². The van der Waals surface area contributed by atoms with Crippen LogP contribution in [0.1, 0.15) is 45.2 Å². The predicted octanol–water partition coefficient (Wildman–Crippen LogP) is 2.46. The Balaban J connectivity index is 1.94. The Morgan fingerprint density at radius 3 is 2.49 bits per heavy atom. The molecule has 2 heterocycles. The second-order valence-corrected chi connectivity index (χ2v) is 12.1. The number of urea groups is 1. The maximum Gasteiger partial charge on any atom is 0.331 e. The van der Waals surface area contributed by atoms with Crippen LogP contribution in [0.3, 0.4) is 0 Å². The molecule has 2 N–H and O–H groups in total. The summed E-state index contributed by atoms with van der Waals surface area (Å²) in [6.45, 7) is 5.32. The van der Waals surface area contributed by atoms with E-state index in [2.05, 4.69) is 20.7 Å². The molecule has 2 aliphatic heterocycles. The van der Waals surface area contributed by atoms with Crippen molar-refractivity contribution in [1.82, 2.24) is 14.9 Å². The number of hydrogen-bond acceptors (Lipinski definition) is 7. The molecule has 2 saturated heterocycles. The van der Waals surface area contributed by atoms with Gasteiger partial charge in [-0.25, -0.2) is 13.6 Å². The third-order valence-corrected chi connectivity index (χ3v) is 7.76. The number of halogens is 3. The van der Waals surface area contributed by atoms with Gasteiger partial charge in [-0.05, 0) is 45.7 Å². The number of carbonyl (C=O) groups excluding carboxylic acids is 4. The van der Waals surface area contributed by atoms with Gasteiger partial charge in [0.25, 0.3) is 5.91 Å². The molecule has 0 bridgehead atoms. The Bertz CT molecular complexity index is 1020. The molecule has 1 aromatic rings. The highest BCUT2D eigenvalue weighted by molar-refractivity contribution is 9.10. The summed E-state index contributed by atoms with van der Waals surface area (Å²) in [6, 6.07) is 0.278. The number of carbonyl (C=O) groups is 4. The Labute approximate surface area is 212 Å². The number of barbiturate groups is 1. The number of nitrogens with one attached hydrogen (secondary N) is 2. The number of hydrogen-bond donors (Lipinski definition) is 2. The quantitative estimate of drug-likeness (QED) is 0.376. The maximum absolute atomic E-state index is 15.8. The maximum atomic E-state index is 15.8. The molecule has 0 spiro atoms. The molecule has 192 valence electrons. The van der Waals surface area contributed by atoms with Crippen LogP contribution in [0.4, 0.5) is 13.6 Å². The zero-order valence-electron chi connectivity index (χ0n) is 19.3. The number of ketones is 1. The summed E-state index contributed by atoms with van der Waals surface area (Å²) < 4.78 is 50.4. The third-order valence-electron chi connectivity index (χ3n) is 5.69. The fourth-order valence-electron chi connectivity index (χ4n) is 3.78. The Kier molecular flexibility index (Phi) is 8.69. The van der Waals surface area contributed by atoms with Crippen LogP contribution >= 0.6 is 15.9 Å². The molecule has 1 aromatic carbocycles. The summed E-state index contributed by atoms with van der Waals surface area (Å²) >= 11 is 1.16. The molecule has 0 radical (unpaired) electrons. The van der Waals surface area contributed by atoms with Crippen LogP contribution in [0.15, 0.2) is 22.7 Å². The van der Waals surface area contributed by atoms with Gasteiger partial charge in [0, 0.05) is 40.7 Å². The number of rotatable bonds is 7. The molecule has 13 heteroatoms. The molecule has 4 atom stereocenters. The first-order valence-corrected chi connectivity index (χ1v) is 12.8. The van der Waals surface area contributed by atoms with Gasteiger partial charge in [0.1, 0.15) is 16.6 Å². The highest BCUT2D eigenvalue weighted by atomic mass is 79.9. The number of nitrogens with zero attached hydrogens (tertiary/aromatic N) is 1. The van der Waals surface area contributed by atoms with Gasteiger partial charge in [0.15, 0.2) is 17.9 Å². The van der Waals surface area contributed by atoms with E-state index in [4.69, 9.17) is 4.74 Å². The molecule has 0 aromatic heterocycles. The van der Waals surface area contributed by atoms with Crippen molar-refractivity contribution in [2.75, 3.05) is 13.2 Å². The number of imide groups is 2. The largest absolute Gasteiger partial charge is 0.598 e. The SMILES string of the molecule is CC(C)(C)[S+]([O-])N[C@@H](c1ccc(Br)cc1F)[C@@H](F)C(=O)C1C(=O)NC(=O)N(C2CCOCC2)C1=O. The first kappa shape index (κ1) is 27.7. The lowest BCUT2D eigenvalue weighted by Gasteiger charge is -2.37. The topological polar surface area (TPSA) is 128 Å². The predicted molar refractivity (Wildman–Crippen MR) is 125 cm³/mol. The number of ether oxygens (including phenoxy) is 1. The van der Waals surface area contributed by atoms with Gasteiger partial charge in [-0.1, -0.05) is 22.0 Å². The minimum Gasteiger partial charge on any atom is -0.598 e. The molecule has 4 amide bonds. The molecule has 0 aliphatic carbocycles. The van der Waals surface area contributed by atoms with Crippen molar-refractivity contribution >= 4 is 50.9 Å². The third kappa shape index (κ3) is 6.08. The van der Waals surface area contributed by atoms with Crippen molar-refractivity contribution in [3.63, 3.8) is 0 Å². The van der Waals surface area contributed by atoms with Crippen LogP contribution in [-0.4, -0.2) is 63.3 Å². The monoisotopic (exact) mass is 577 g/mol.